The molecule has 1 fully saturated rings. The van der Waals surface area contributed by atoms with Crippen molar-refractivity contribution >= 4 is 11.4 Å². The van der Waals surface area contributed by atoms with E-state index in [0.717, 1.165) is 12.1 Å². The molecule has 0 bridgehead atoms. The smallest absolute Gasteiger partial charge is 0.378 e. The molecule has 2 aromatic heterocycles. The van der Waals surface area contributed by atoms with E-state index in [2.05, 4.69) is 4.98 Å². The van der Waals surface area contributed by atoms with E-state index in [0.29, 0.717) is 43.1 Å². The van der Waals surface area contributed by atoms with Gasteiger partial charge in [0.2, 0.25) is 5.82 Å². The van der Waals surface area contributed by atoms with Crippen LogP contribution >= 0.6 is 0 Å². The Labute approximate surface area is 153 Å². The van der Waals surface area contributed by atoms with Crippen LogP contribution in [0.2, 0.25) is 0 Å². The number of carbonyl (C=O) groups excluding carboxylic acids is 1. The van der Waals surface area contributed by atoms with Crippen molar-refractivity contribution < 1.29 is 22.7 Å². The van der Waals surface area contributed by atoms with E-state index < -0.39 is 11.7 Å². The van der Waals surface area contributed by atoms with E-state index in [1.54, 1.807) is 39.8 Å². The maximum Gasteiger partial charge on any atom is 0.416 e. The van der Waals surface area contributed by atoms with Gasteiger partial charge in [-0.3, -0.25) is 9.20 Å². The minimum Gasteiger partial charge on any atom is -0.378 e. The summed E-state index contributed by atoms with van der Waals surface area (Å²) in [5.41, 5.74) is 0.486. The zero-order valence-electron chi connectivity index (χ0n) is 14.2. The van der Waals surface area contributed by atoms with Crippen LogP contribution in [0.5, 0.6) is 0 Å². The monoisotopic (exact) mass is 375 g/mol. The number of carbonyl (C=O) groups is 1. The van der Waals surface area contributed by atoms with Gasteiger partial charge in [0.1, 0.15) is 0 Å². The first-order valence-corrected chi connectivity index (χ1v) is 8.47. The number of halogens is 3. The van der Waals surface area contributed by atoms with E-state index in [9.17, 15) is 18.0 Å². The minimum atomic E-state index is -4.45. The first kappa shape index (κ1) is 17.5. The average Bonchev–Trinajstić information content (AvgIpc) is 3.07. The number of nitrogens with zero attached hydrogens (tertiary/aromatic N) is 3. The Morgan fingerprint density at radius 1 is 1.07 bits per heavy atom. The molecule has 3 heterocycles. The summed E-state index contributed by atoms with van der Waals surface area (Å²) < 4.78 is 46.1. The van der Waals surface area contributed by atoms with Crippen molar-refractivity contribution in [2.24, 2.45) is 0 Å². The number of hydrogen-bond acceptors (Lipinski definition) is 3. The molecule has 0 N–H and O–H groups in total. The van der Waals surface area contributed by atoms with Crippen molar-refractivity contribution in [1.29, 1.82) is 0 Å². The molecule has 4 rings (SSSR count). The standard InChI is InChI=1S/C19H16F3N3O2/c20-19(21,22)14-5-3-4-13(12-14)16-15-6-1-2-7-25(15)17(23-16)18(26)24-8-10-27-11-9-24/h1-7,12H,8-11H2. The van der Waals surface area contributed by atoms with Crippen molar-refractivity contribution in [2.75, 3.05) is 26.3 Å². The van der Waals surface area contributed by atoms with Gasteiger partial charge in [-0.15, -0.1) is 0 Å². The number of fused-ring (bicyclic) bond motifs is 1. The first-order chi connectivity index (χ1) is 12.9. The molecule has 5 nitrogen and oxygen atoms in total. The summed E-state index contributed by atoms with van der Waals surface area (Å²) in [6.45, 7) is 1.82. The Kier molecular flexibility index (Phi) is 4.35. The second kappa shape index (κ2) is 6.70. The third kappa shape index (κ3) is 3.28. The highest BCUT2D eigenvalue weighted by Crippen LogP contribution is 2.33. The molecule has 1 saturated heterocycles. The number of hydrogen-bond donors (Lipinski definition) is 0. The van der Waals surface area contributed by atoms with Gasteiger partial charge >= 0.3 is 6.18 Å². The molecule has 0 saturated carbocycles. The normalized spacial score (nSPS) is 15.3. The van der Waals surface area contributed by atoms with Gasteiger partial charge in [0.25, 0.3) is 5.91 Å². The van der Waals surface area contributed by atoms with Crippen LogP contribution in [-0.4, -0.2) is 46.5 Å². The lowest BCUT2D eigenvalue weighted by atomic mass is 10.1. The van der Waals surface area contributed by atoms with Crippen LogP contribution in [0.1, 0.15) is 16.2 Å². The third-order valence-electron chi connectivity index (χ3n) is 4.50. The Bertz CT molecular complexity index is 991. The summed E-state index contributed by atoms with van der Waals surface area (Å²) >= 11 is 0. The Hall–Kier alpha value is -2.87. The molecule has 0 unspecified atom stereocenters. The van der Waals surface area contributed by atoms with Gasteiger partial charge in [-0.25, -0.2) is 4.98 Å². The van der Waals surface area contributed by atoms with Gasteiger partial charge in [-0.2, -0.15) is 13.2 Å². The Morgan fingerprint density at radius 2 is 1.85 bits per heavy atom. The maximum atomic E-state index is 13.1. The Balaban J connectivity index is 1.82. The molecule has 140 valence electrons. The molecule has 1 aliphatic heterocycles. The number of amides is 1. The number of rotatable bonds is 2. The van der Waals surface area contributed by atoms with Crippen LogP contribution in [0.3, 0.4) is 0 Å². The van der Waals surface area contributed by atoms with Gasteiger partial charge in [0.15, 0.2) is 0 Å². The van der Waals surface area contributed by atoms with E-state index >= 15 is 0 Å². The molecular formula is C19H16F3N3O2. The van der Waals surface area contributed by atoms with Crippen molar-refractivity contribution in [1.82, 2.24) is 14.3 Å². The number of alkyl halides is 3. The van der Waals surface area contributed by atoms with Gasteiger partial charge in [-0.05, 0) is 24.3 Å². The van der Waals surface area contributed by atoms with Crippen LogP contribution in [0.4, 0.5) is 13.2 Å². The number of ether oxygens (including phenoxy) is 1. The van der Waals surface area contributed by atoms with E-state index in [-0.39, 0.29) is 11.7 Å². The van der Waals surface area contributed by atoms with Gasteiger partial charge < -0.3 is 9.64 Å². The van der Waals surface area contributed by atoms with E-state index in [4.69, 9.17) is 4.74 Å². The summed E-state index contributed by atoms with van der Waals surface area (Å²) in [5.74, 6) is -0.0855. The van der Waals surface area contributed by atoms with Gasteiger partial charge in [0, 0.05) is 24.8 Å². The van der Waals surface area contributed by atoms with Gasteiger partial charge in [0.05, 0.1) is 30.0 Å². The van der Waals surface area contributed by atoms with Crippen molar-refractivity contribution in [2.45, 2.75) is 6.18 Å². The molecule has 0 radical (unpaired) electrons. The summed E-state index contributed by atoms with van der Waals surface area (Å²) in [7, 11) is 0. The van der Waals surface area contributed by atoms with Crippen LogP contribution in [0, 0.1) is 0 Å². The summed E-state index contributed by atoms with van der Waals surface area (Å²) in [4.78, 5) is 19.0. The highest BCUT2D eigenvalue weighted by Gasteiger charge is 2.31. The second-order valence-corrected chi connectivity index (χ2v) is 6.22. The lowest BCUT2D eigenvalue weighted by molar-refractivity contribution is -0.137. The molecule has 0 aliphatic carbocycles. The maximum absolute atomic E-state index is 13.1. The fourth-order valence-corrected chi connectivity index (χ4v) is 3.15. The van der Waals surface area contributed by atoms with Crippen molar-refractivity contribution in [3.8, 4) is 11.3 Å². The molecule has 1 aliphatic rings. The number of benzene rings is 1. The topological polar surface area (TPSA) is 46.8 Å². The molecule has 0 atom stereocenters. The lowest BCUT2D eigenvalue weighted by Gasteiger charge is -2.26. The fourth-order valence-electron chi connectivity index (χ4n) is 3.15. The van der Waals surface area contributed by atoms with Crippen LogP contribution in [0.15, 0.2) is 48.7 Å². The van der Waals surface area contributed by atoms with Crippen LogP contribution in [-0.2, 0) is 10.9 Å². The summed E-state index contributed by atoms with van der Waals surface area (Å²) in [6.07, 6.45) is -2.76. The lowest BCUT2D eigenvalue weighted by Crippen LogP contribution is -2.41. The number of morpholine rings is 1. The quantitative estimate of drug-likeness (QED) is 0.689. The molecule has 1 amide bonds. The SMILES string of the molecule is O=C(c1nc(-c2cccc(C(F)(F)F)c2)c2ccccn12)N1CCOCC1. The predicted octanol–water partition coefficient (Wildman–Crippen LogP) is 3.49. The molecule has 3 aromatic rings. The second-order valence-electron chi connectivity index (χ2n) is 6.22. The molecule has 1 aromatic carbocycles. The summed E-state index contributed by atoms with van der Waals surface area (Å²) in [5, 5.41) is 0. The molecule has 0 spiro atoms. The van der Waals surface area contributed by atoms with E-state index in [1.807, 2.05) is 0 Å². The Morgan fingerprint density at radius 3 is 2.59 bits per heavy atom. The molecular weight excluding hydrogens is 359 g/mol. The predicted molar refractivity (Wildman–Crippen MR) is 92.4 cm³/mol. The number of aromatic nitrogens is 2. The van der Waals surface area contributed by atoms with Gasteiger partial charge in [-0.1, -0.05) is 18.2 Å². The van der Waals surface area contributed by atoms with Crippen LogP contribution in [0.25, 0.3) is 16.8 Å². The van der Waals surface area contributed by atoms with Crippen LogP contribution < -0.4 is 0 Å². The summed E-state index contributed by atoms with van der Waals surface area (Å²) in [6, 6.07) is 10.2. The first-order valence-electron chi connectivity index (χ1n) is 8.47. The average molecular weight is 375 g/mol. The van der Waals surface area contributed by atoms with Crippen molar-refractivity contribution in [3.63, 3.8) is 0 Å². The molecule has 27 heavy (non-hydrogen) atoms. The number of imidazole rings is 1. The largest absolute Gasteiger partial charge is 0.416 e. The van der Waals surface area contributed by atoms with Crippen molar-refractivity contribution in [3.05, 3.63) is 60.0 Å². The zero-order valence-corrected chi connectivity index (χ0v) is 14.2. The minimum absolute atomic E-state index is 0.180. The third-order valence-corrected chi connectivity index (χ3v) is 4.50. The highest BCUT2D eigenvalue weighted by atomic mass is 19.4. The highest BCUT2D eigenvalue weighted by molar-refractivity contribution is 5.94. The fraction of sp³-hybridized carbons (Fsp3) is 0.263. The number of pyridine rings is 1. The van der Waals surface area contributed by atoms with E-state index in [1.165, 1.54) is 6.07 Å². The molecule has 8 heteroatoms. The zero-order chi connectivity index (χ0) is 19.0.